The second-order valence-corrected chi connectivity index (χ2v) is 6.15. The number of anilines is 1. The summed E-state index contributed by atoms with van der Waals surface area (Å²) in [6, 6.07) is 5.30. The van der Waals surface area contributed by atoms with E-state index in [4.69, 9.17) is 5.73 Å². The number of benzene rings is 1. The summed E-state index contributed by atoms with van der Waals surface area (Å²) < 4.78 is 26.1. The van der Waals surface area contributed by atoms with Gasteiger partial charge in [0.1, 0.15) is 0 Å². The van der Waals surface area contributed by atoms with E-state index in [9.17, 15) is 8.42 Å². The first kappa shape index (κ1) is 15.5. The highest BCUT2D eigenvalue weighted by Gasteiger charge is 2.09. The SMILES string of the molecule is CCCCS(=O)(=O)Nc1ccc(C#CCN)c(C)c1. The molecule has 0 aliphatic carbocycles. The van der Waals surface area contributed by atoms with Gasteiger partial charge < -0.3 is 5.73 Å². The standard InChI is InChI=1S/C14H20N2O2S/c1-3-4-10-19(17,18)16-14-8-7-13(6-5-9-15)12(2)11-14/h7-8,11,16H,3-4,9-10,15H2,1-2H3. The number of nitrogens with one attached hydrogen (secondary N) is 1. The van der Waals surface area contributed by atoms with Gasteiger partial charge in [-0.15, -0.1) is 0 Å². The van der Waals surface area contributed by atoms with Crippen LogP contribution in [0.3, 0.4) is 0 Å². The van der Waals surface area contributed by atoms with Crippen LogP contribution in [-0.4, -0.2) is 20.7 Å². The van der Waals surface area contributed by atoms with Gasteiger partial charge in [0, 0.05) is 11.3 Å². The van der Waals surface area contributed by atoms with Crippen LogP contribution >= 0.6 is 0 Å². The van der Waals surface area contributed by atoms with E-state index in [2.05, 4.69) is 16.6 Å². The third kappa shape index (κ3) is 5.33. The van der Waals surface area contributed by atoms with Gasteiger partial charge >= 0.3 is 0 Å². The minimum atomic E-state index is -3.25. The molecular weight excluding hydrogens is 260 g/mol. The zero-order valence-electron chi connectivity index (χ0n) is 11.4. The predicted molar refractivity (Wildman–Crippen MR) is 79.4 cm³/mol. The molecule has 4 nitrogen and oxygen atoms in total. The molecule has 0 unspecified atom stereocenters. The highest BCUT2D eigenvalue weighted by Crippen LogP contribution is 2.16. The van der Waals surface area contributed by atoms with Gasteiger partial charge in [-0.05, 0) is 37.1 Å². The number of aryl methyl sites for hydroxylation is 1. The van der Waals surface area contributed by atoms with Crippen LogP contribution in [0.1, 0.15) is 30.9 Å². The van der Waals surface area contributed by atoms with Crippen molar-refractivity contribution in [2.24, 2.45) is 5.73 Å². The molecule has 1 aromatic rings. The van der Waals surface area contributed by atoms with E-state index in [1.165, 1.54) is 0 Å². The lowest BCUT2D eigenvalue weighted by Gasteiger charge is -2.09. The maximum Gasteiger partial charge on any atom is 0.232 e. The maximum atomic E-state index is 11.8. The minimum absolute atomic E-state index is 0.150. The second-order valence-electron chi connectivity index (χ2n) is 4.31. The topological polar surface area (TPSA) is 72.2 Å². The fraction of sp³-hybridized carbons (Fsp3) is 0.429. The molecule has 0 fully saturated rings. The van der Waals surface area contributed by atoms with Crippen LogP contribution in [0.4, 0.5) is 5.69 Å². The Hall–Kier alpha value is -1.51. The van der Waals surface area contributed by atoms with Gasteiger partial charge in [-0.2, -0.15) is 0 Å². The summed E-state index contributed by atoms with van der Waals surface area (Å²) in [6.07, 6.45) is 1.52. The van der Waals surface area contributed by atoms with Crippen LogP contribution in [0.15, 0.2) is 18.2 Å². The van der Waals surface area contributed by atoms with Crippen LogP contribution in [0.5, 0.6) is 0 Å². The van der Waals surface area contributed by atoms with Crippen LogP contribution in [0.25, 0.3) is 0 Å². The lowest BCUT2D eigenvalue weighted by atomic mass is 10.1. The van der Waals surface area contributed by atoms with Crippen molar-refractivity contribution in [3.63, 3.8) is 0 Å². The molecule has 5 heteroatoms. The Labute approximate surface area is 115 Å². The summed E-state index contributed by atoms with van der Waals surface area (Å²) in [6.45, 7) is 4.17. The Morgan fingerprint density at radius 3 is 2.68 bits per heavy atom. The summed E-state index contributed by atoms with van der Waals surface area (Å²) >= 11 is 0. The van der Waals surface area contributed by atoms with Gasteiger partial charge in [0.05, 0.1) is 12.3 Å². The van der Waals surface area contributed by atoms with Crippen molar-refractivity contribution in [1.29, 1.82) is 0 Å². The quantitative estimate of drug-likeness (QED) is 0.808. The van der Waals surface area contributed by atoms with Gasteiger partial charge in [0.15, 0.2) is 0 Å². The lowest BCUT2D eigenvalue weighted by molar-refractivity contribution is 0.598. The van der Waals surface area contributed by atoms with Crippen LogP contribution in [0, 0.1) is 18.8 Å². The summed E-state index contributed by atoms with van der Waals surface area (Å²) in [4.78, 5) is 0. The monoisotopic (exact) mass is 280 g/mol. The van der Waals surface area contributed by atoms with Crippen molar-refractivity contribution in [2.75, 3.05) is 17.0 Å². The molecule has 3 N–H and O–H groups in total. The first-order valence-corrected chi connectivity index (χ1v) is 7.94. The molecule has 0 saturated heterocycles. The number of sulfonamides is 1. The molecule has 0 amide bonds. The Morgan fingerprint density at radius 1 is 1.37 bits per heavy atom. The Balaban J connectivity index is 2.84. The van der Waals surface area contributed by atoms with Crippen molar-refractivity contribution < 1.29 is 8.42 Å². The van der Waals surface area contributed by atoms with Crippen molar-refractivity contribution in [2.45, 2.75) is 26.7 Å². The molecule has 0 spiro atoms. The molecule has 0 radical (unpaired) electrons. The molecule has 1 rings (SSSR count). The molecule has 0 heterocycles. The van der Waals surface area contributed by atoms with E-state index in [1.807, 2.05) is 13.8 Å². The van der Waals surface area contributed by atoms with E-state index < -0.39 is 10.0 Å². The number of nitrogens with two attached hydrogens (primary N) is 1. The fourth-order valence-corrected chi connectivity index (χ4v) is 2.84. The van der Waals surface area contributed by atoms with Gasteiger partial charge in [0.25, 0.3) is 0 Å². The molecule has 0 aromatic heterocycles. The van der Waals surface area contributed by atoms with Gasteiger partial charge in [-0.3, -0.25) is 4.72 Å². The molecule has 0 saturated carbocycles. The number of hydrogen-bond acceptors (Lipinski definition) is 3. The molecular formula is C14H20N2O2S. The Morgan fingerprint density at radius 2 is 2.11 bits per heavy atom. The molecule has 0 aliphatic rings. The first-order valence-electron chi connectivity index (χ1n) is 6.28. The highest BCUT2D eigenvalue weighted by molar-refractivity contribution is 7.92. The van der Waals surface area contributed by atoms with Crippen LogP contribution in [-0.2, 0) is 10.0 Å². The predicted octanol–water partition coefficient (Wildman–Crippen LogP) is 1.85. The number of rotatable bonds is 5. The van der Waals surface area contributed by atoms with E-state index in [0.29, 0.717) is 18.7 Å². The smallest absolute Gasteiger partial charge is 0.232 e. The zero-order valence-corrected chi connectivity index (χ0v) is 12.2. The maximum absolute atomic E-state index is 11.8. The van der Waals surface area contributed by atoms with Gasteiger partial charge in [0.2, 0.25) is 10.0 Å². The number of unbranched alkanes of at least 4 members (excludes halogenated alkanes) is 1. The highest BCUT2D eigenvalue weighted by atomic mass is 32.2. The van der Waals surface area contributed by atoms with Crippen LogP contribution < -0.4 is 10.5 Å². The molecule has 19 heavy (non-hydrogen) atoms. The molecule has 0 aliphatic heterocycles. The number of hydrogen-bond donors (Lipinski definition) is 2. The molecule has 0 atom stereocenters. The zero-order chi connectivity index (χ0) is 14.3. The lowest BCUT2D eigenvalue weighted by Crippen LogP contribution is -2.16. The molecule has 104 valence electrons. The minimum Gasteiger partial charge on any atom is -0.320 e. The largest absolute Gasteiger partial charge is 0.320 e. The summed E-state index contributed by atoms with van der Waals surface area (Å²) in [5.74, 6) is 5.87. The fourth-order valence-electron chi connectivity index (χ4n) is 1.58. The van der Waals surface area contributed by atoms with Crippen molar-refractivity contribution in [3.8, 4) is 11.8 Å². The van der Waals surface area contributed by atoms with Crippen molar-refractivity contribution in [3.05, 3.63) is 29.3 Å². The second kappa shape index (κ2) is 7.17. The average Bonchev–Trinajstić information content (AvgIpc) is 2.35. The molecule has 1 aromatic carbocycles. The van der Waals surface area contributed by atoms with E-state index in [-0.39, 0.29) is 5.75 Å². The van der Waals surface area contributed by atoms with Crippen molar-refractivity contribution in [1.82, 2.24) is 0 Å². The van der Waals surface area contributed by atoms with E-state index >= 15 is 0 Å². The van der Waals surface area contributed by atoms with Gasteiger partial charge in [-0.1, -0.05) is 25.2 Å². The third-order valence-corrected chi connectivity index (χ3v) is 3.96. The molecule has 0 bridgehead atoms. The van der Waals surface area contributed by atoms with E-state index in [0.717, 1.165) is 17.5 Å². The summed E-state index contributed by atoms with van der Waals surface area (Å²) in [7, 11) is -3.25. The van der Waals surface area contributed by atoms with Gasteiger partial charge in [-0.25, -0.2) is 8.42 Å². The summed E-state index contributed by atoms with van der Waals surface area (Å²) in [5, 5.41) is 0. The summed E-state index contributed by atoms with van der Waals surface area (Å²) in [5.41, 5.74) is 7.69. The normalized spacial score (nSPS) is 10.7. The third-order valence-electron chi connectivity index (χ3n) is 2.59. The van der Waals surface area contributed by atoms with Crippen molar-refractivity contribution >= 4 is 15.7 Å². The van der Waals surface area contributed by atoms with Crippen LogP contribution in [0.2, 0.25) is 0 Å². The first-order chi connectivity index (χ1) is 8.98. The Bertz CT molecular complexity index is 583. The average molecular weight is 280 g/mol. The van der Waals surface area contributed by atoms with E-state index in [1.54, 1.807) is 18.2 Å². The Kier molecular flexibility index (Phi) is 5.87.